The molecule has 8 heteroatoms. The fourth-order valence-electron chi connectivity index (χ4n) is 0.572. The van der Waals surface area contributed by atoms with Gasteiger partial charge in [-0.05, 0) is 0 Å². The zero-order valence-electron chi connectivity index (χ0n) is 5.65. The predicted molar refractivity (Wildman–Crippen MR) is 33.5 cm³/mol. The summed E-state index contributed by atoms with van der Waals surface area (Å²) >= 11 is 0. The molecule has 1 aromatic rings. The average Bonchev–Trinajstić information content (AvgIpc) is 2.30. The van der Waals surface area contributed by atoms with Gasteiger partial charge in [0.15, 0.2) is 0 Å². The normalized spacial score (nSPS) is 11.6. The molecule has 0 aliphatic rings. The van der Waals surface area contributed by atoms with Crippen molar-refractivity contribution >= 4 is 5.69 Å². The van der Waals surface area contributed by atoms with Crippen molar-refractivity contribution in [2.75, 3.05) is 0 Å². The maximum Gasteiger partial charge on any atom is 0.389 e. The van der Waals surface area contributed by atoms with E-state index in [-0.39, 0.29) is 4.68 Å². The molecule has 0 spiro atoms. The topological polar surface area (TPSA) is 122 Å². The van der Waals surface area contributed by atoms with Crippen molar-refractivity contribution in [2.24, 2.45) is 0 Å². The maximum absolute atomic E-state index is 10.0. The molecule has 0 unspecified atom stereocenters. The number of aromatic nitrogens is 2. The number of hydrogen-bond acceptors (Lipinski definition) is 6. The van der Waals surface area contributed by atoms with Crippen LogP contribution < -0.4 is 0 Å². The number of nitro groups is 1. The van der Waals surface area contributed by atoms with Crippen LogP contribution in [0, 0.1) is 10.1 Å². The van der Waals surface area contributed by atoms with Crippen LogP contribution >= 0.6 is 0 Å². The van der Waals surface area contributed by atoms with Crippen molar-refractivity contribution in [1.82, 2.24) is 9.78 Å². The number of nitrogens with zero attached hydrogens (tertiary/aromatic N) is 3. The van der Waals surface area contributed by atoms with E-state index in [1.165, 1.54) is 0 Å². The standard InChI is InChI=1S/C4H5N3O5/c8-4(9,10)6-2-3(1-5-6)7(11)12/h1-2,8-10H. The van der Waals surface area contributed by atoms with Crippen LogP contribution in [0.5, 0.6) is 0 Å². The van der Waals surface area contributed by atoms with Crippen LogP contribution in [0.3, 0.4) is 0 Å². The van der Waals surface area contributed by atoms with Crippen LogP contribution in [-0.4, -0.2) is 30.0 Å². The number of rotatable bonds is 2. The van der Waals surface area contributed by atoms with Gasteiger partial charge in [-0.2, -0.15) is 9.78 Å². The summed E-state index contributed by atoms with van der Waals surface area (Å²) in [5.41, 5.74) is -0.448. The highest BCUT2D eigenvalue weighted by Gasteiger charge is 2.24. The molecule has 0 fully saturated rings. The zero-order valence-corrected chi connectivity index (χ0v) is 5.65. The highest BCUT2D eigenvalue weighted by Crippen LogP contribution is 2.11. The molecule has 66 valence electrons. The van der Waals surface area contributed by atoms with E-state index in [9.17, 15) is 10.1 Å². The van der Waals surface area contributed by atoms with Crippen molar-refractivity contribution < 1.29 is 20.2 Å². The third kappa shape index (κ3) is 1.56. The van der Waals surface area contributed by atoms with Gasteiger partial charge in [-0.25, -0.2) is 0 Å². The number of aliphatic hydroxyl groups is 3. The summed E-state index contributed by atoms with van der Waals surface area (Å²) in [4.78, 5) is 9.27. The molecule has 0 aliphatic heterocycles. The first-order valence-corrected chi connectivity index (χ1v) is 2.78. The monoisotopic (exact) mass is 175 g/mol. The Morgan fingerprint density at radius 1 is 1.58 bits per heavy atom. The lowest BCUT2D eigenvalue weighted by Crippen LogP contribution is -2.32. The Hall–Kier alpha value is -1.51. The molecule has 0 bridgehead atoms. The van der Waals surface area contributed by atoms with E-state index in [0.29, 0.717) is 6.20 Å². The summed E-state index contributed by atoms with van der Waals surface area (Å²) < 4.78 is 0.241. The van der Waals surface area contributed by atoms with Gasteiger partial charge in [0.25, 0.3) is 0 Å². The minimum absolute atomic E-state index is 0.241. The SMILES string of the molecule is O=[N+]([O-])c1cnn(C(O)(O)O)c1. The van der Waals surface area contributed by atoms with E-state index >= 15 is 0 Å². The molecule has 1 aromatic heterocycles. The van der Waals surface area contributed by atoms with Crippen molar-refractivity contribution in [3.63, 3.8) is 0 Å². The highest BCUT2D eigenvalue weighted by atomic mass is 16.7. The molecule has 3 N–H and O–H groups in total. The quantitative estimate of drug-likeness (QED) is 0.281. The minimum atomic E-state index is -3.20. The largest absolute Gasteiger partial charge is 0.389 e. The number of hydrogen-bond donors (Lipinski definition) is 3. The van der Waals surface area contributed by atoms with E-state index in [4.69, 9.17) is 15.3 Å². The smallest absolute Gasteiger partial charge is 0.324 e. The van der Waals surface area contributed by atoms with Gasteiger partial charge in [0.2, 0.25) is 0 Å². The molecule has 12 heavy (non-hydrogen) atoms. The van der Waals surface area contributed by atoms with Crippen LogP contribution in [-0.2, 0) is 6.10 Å². The summed E-state index contributed by atoms with van der Waals surface area (Å²) in [7, 11) is 0. The Balaban J connectivity index is 3.00. The maximum atomic E-state index is 10.0. The Labute approximate surface area is 65.4 Å². The third-order valence-corrected chi connectivity index (χ3v) is 1.09. The second-order valence-corrected chi connectivity index (χ2v) is 2.00. The van der Waals surface area contributed by atoms with Gasteiger partial charge in [0, 0.05) is 0 Å². The van der Waals surface area contributed by atoms with Crippen LogP contribution in [0.2, 0.25) is 0 Å². The second-order valence-electron chi connectivity index (χ2n) is 2.00. The Kier molecular flexibility index (Phi) is 1.80. The molecule has 0 saturated heterocycles. The summed E-state index contributed by atoms with van der Waals surface area (Å²) in [6.45, 7) is 0. The van der Waals surface area contributed by atoms with Gasteiger partial charge in [0.05, 0.1) is 4.92 Å². The average molecular weight is 175 g/mol. The first-order valence-electron chi connectivity index (χ1n) is 2.78. The highest BCUT2D eigenvalue weighted by molar-refractivity contribution is 5.20. The summed E-state index contributed by atoms with van der Waals surface area (Å²) in [6.07, 6.45) is -1.74. The van der Waals surface area contributed by atoms with Crippen molar-refractivity contribution in [3.8, 4) is 0 Å². The first kappa shape index (κ1) is 8.59. The van der Waals surface area contributed by atoms with Gasteiger partial charge in [-0.1, -0.05) is 0 Å². The van der Waals surface area contributed by atoms with Crippen molar-refractivity contribution in [2.45, 2.75) is 6.10 Å². The second kappa shape index (κ2) is 2.52. The Bertz CT molecular complexity index is 300. The summed E-state index contributed by atoms with van der Waals surface area (Å²) in [5, 5.41) is 38.6. The van der Waals surface area contributed by atoms with Gasteiger partial charge in [-0.15, -0.1) is 0 Å². The summed E-state index contributed by atoms with van der Waals surface area (Å²) in [5.74, 6) is 0. The molecule has 0 saturated carbocycles. The van der Waals surface area contributed by atoms with Crippen LogP contribution in [0.4, 0.5) is 5.69 Å². The Morgan fingerprint density at radius 2 is 2.17 bits per heavy atom. The molecule has 0 atom stereocenters. The molecule has 0 amide bonds. The van der Waals surface area contributed by atoms with Gasteiger partial charge >= 0.3 is 11.8 Å². The molecule has 1 rings (SSSR count). The molecular weight excluding hydrogens is 170 g/mol. The van der Waals surface area contributed by atoms with E-state index in [2.05, 4.69) is 5.10 Å². The first-order chi connectivity index (χ1) is 5.41. The van der Waals surface area contributed by atoms with Crippen LogP contribution in [0.25, 0.3) is 0 Å². The lowest BCUT2D eigenvalue weighted by atomic mass is 10.6. The summed E-state index contributed by atoms with van der Waals surface area (Å²) in [6, 6.07) is 0. The minimum Gasteiger partial charge on any atom is -0.324 e. The lowest BCUT2D eigenvalue weighted by Gasteiger charge is -2.11. The zero-order chi connectivity index (χ0) is 9.35. The third-order valence-electron chi connectivity index (χ3n) is 1.09. The lowest BCUT2D eigenvalue weighted by molar-refractivity contribution is -0.390. The molecule has 0 aliphatic carbocycles. The van der Waals surface area contributed by atoms with E-state index in [1.54, 1.807) is 0 Å². The molecule has 0 aromatic carbocycles. The predicted octanol–water partition coefficient (Wildman–Crippen LogP) is -1.66. The van der Waals surface area contributed by atoms with Gasteiger partial charge in [-0.3, -0.25) is 10.1 Å². The fourth-order valence-corrected chi connectivity index (χ4v) is 0.572. The Morgan fingerprint density at radius 3 is 2.42 bits per heavy atom. The van der Waals surface area contributed by atoms with Gasteiger partial charge < -0.3 is 15.3 Å². The van der Waals surface area contributed by atoms with Gasteiger partial charge in [0.1, 0.15) is 12.4 Å². The van der Waals surface area contributed by atoms with E-state index in [0.717, 1.165) is 6.20 Å². The van der Waals surface area contributed by atoms with Crippen LogP contribution in [0.1, 0.15) is 0 Å². The fraction of sp³-hybridized carbons (Fsp3) is 0.250. The van der Waals surface area contributed by atoms with E-state index < -0.39 is 16.7 Å². The molecule has 0 radical (unpaired) electrons. The molecule has 1 heterocycles. The molecule has 8 nitrogen and oxygen atoms in total. The molecular formula is C4H5N3O5. The van der Waals surface area contributed by atoms with Crippen molar-refractivity contribution in [3.05, 3.63) is 22.5 Å². The van der Waals surface area contributed by atoms with Crippen molar-refractivity contribution in [1.29, 1.82) is 0 Å². The van der Waals surface area contributed by atoms with Crippen LogP contribution in [0.15, 0.2) is 12.4 Å². The van der Waals surface area contributed by atoms with E-state index in [1.807, 2.05) is 0 Å².